The van der Waals surface area contributed by atoms with Crippen molar-refractivity contribution >= 4 is 11.9 Å². The number of carbonyl (C=O) groups excluding carboxylic acids is 1. The van der Waals surface area contributed by atoms with Gasteiger partial charge in [0.05, 0.1) is 17.4 Å². The number of nitrogens with one attached hydrogen (secondary N) is 1. The summed E-state index contributed by atoms with van der Waals surface area (Å²) in [6.07, 6.45) is 2.07. The zero-order valence-electron chi connectivity index (χ0n) is 11.4. The van der Waals surface area contributed by atoms with E-state index in [1.165, 1.54) is 0 Å². The molecule has 0 heterocycles. The monoisotopic (exact) mass is 257 g/mol. The van der Waals surface area contributed by atoms with E-state index >= 15 is 0 Å². The largest absolute Gasteiger partial charge is 0.481 e. The van der Waals surface area contributed by atoms with Gasteiger partial charge in [-0.2, -0.15) is 0 Å². The topological polar surface area (TPSA) is 75.6 Å². The van der Waals surface area contributed by atoms with Crippen LogP contribution in [0.25, 0.3) is 0 Å². The summed E-state index contributed by atoms with van der Waals surface area (Å²) in [6, 6.07) is 0. The van der Waals surface area contributed by atoms with E-state index in [2.05, 4.69) is 5.32 Å². The number of ether oxygens (including phenoxy) is 1. The highest BCUT2D eigenvalue weighted by atomic mass is 16.5. The second-order valence-corrected chi connectivity index (χ2v) is 5.39. The average molecular weight is 257 g/mol. The molecule has 2 N–H and O–H groups in total. The van der Waals surface area contributed by atoms with E-state index in [0.717, 1.165) is 6.42 Å². The van der Waals surface area contributed by atoms with Crippen LogP contribution in [0.2, 0.25) is 0 Å². The Labute approximate surface area is 108 Å². The van der Waals surface area contributed by atoms with Crippen molar-refractivity contribution < 1.29 is 19.4 Å². The molecular weight excluding hydrogens is 234 g/mol. The molecule has 0 aromatic rings. The molecule has 0 aliphatic heterocycles. The molecule has 0 bridgehead atoms. The van der Waals surface area contributed by atoms with Crippen LogP contribution in [0.1, 0.15) is 40.0 Å². The lowest BCUT2D eigenvalue weighted by molar-refractivity contribution is -0.146. The van der Waals surface area contributed by atoms with Gasteiger partial charge in [0.1, 0.15) is 0 Å². The molecule has 1 fully saturated rings. The molecule has 1 aliphatic carbocycles. The van der Waals surface area contributed by atoms with Crippen LogP contribution in [0, 0.1) is 11.8 Å². The number of carboxylic acid groups (broad SMARTS) is 1. The SMILES string of the molecule is CCOC(C)(C)CNC(=O)[C@@H]1CCC[C@@H]1C(=O)O. The van der Waals surface area contributed by atoms with E-state index in [1.54, 1.807) is 0 Å². The van der Waals surface area contributed by atoms with Crippen molar-refractivity contribution in [2.75, 3.05) is 13.2 Å². The first-order chi connectivity index (χ1) is 8.37. The van der Waals surface area contributed by atoms with Crippen LogP contribution >= 0.6 is 0 Å². The van der Waals surface area contributed by atoms with E-state index in [-0.39, 0.29) is 11.8 Å². The number of hydrogen-bond acceptors (Lipinski definition) is 3. The lowest BCUT2D eigenvalue weighted by Gasteiger charge is -2.26. The quantitative estimate of drug-likeness (QED) is 0.754. The van der Waals surface area contributed by atoms with Crippen molar-refractivity contribution in [1.82, 2.24) is 5.32 Å². The van der Waals surface area contributed by atoms with Crippen molar-refractivity contribution in [2.24, 2.45) is 11.8 Å². The van der Waals surface area contributed by atoms with Gasteiger partial charge in [-0.15, -0.1) is 0 Å². The van der Waals surface area contributed by atoms with Crippen molar-refractivity contribution in [3.8, 4) is 0 Å². The van der Waals surface area contributed by atoms with Gasteiger partial charge in [-0.25, -0.2) is 0 Å². The Hall–Kier alpha value is -1.10. The van der Waals surface area contributed by atoms with Gasteiger partial charge in [-0.1, -0.05) is 6.42 Å². The highest BCUT2D eigenvalue weighted by Gasteiger charge is 2.38. The fraction of sp³-hybridized carbons (Fsp3) is 0.846. The summed E-state index contributed by atoms with van der Waals surface area (Å²) < 4.78 is 5.49. The minimum absolute atomic E-state index is 0.160. The molecule has 0 aromatic carbocycles. The first-order valence-electron chi connectivity index (χ1n) is 6.52. The Bertz CT molecular complexity index is 314. The third kappa shape index (κ3) is 3.98. The van der Waals surface area contributed by atoms with Crippen LogP contribution in [0.15, 0.2) is 0 Å². The fourth-order valence-corrected chi connectivity index (χ4v) is 2.44. The molecule has 1 amide bonds. The number of rotatable bonds is 6. The fourth-order valence-electron chi connectivity index (χ4n) is 2.44. The predicted molar refractivity (Wildman–Crippen MR) is 67.2 cm³/mol. The van der Waals surface area contributed by atoms with Crippen LogP contribution in [0.4, 0.5) is 0 Å². The number of carboxylic acids is 1. The van der Waals surface area contributed by atoms with Gasteiger partial charge in [0.15, 0.2) is 0 Å². The van der Waals surface area contributed by atoms with Crippen molar-refractivity contribution in [1.29, 1.82) is 0 Å². The summed E-state index contributed by atoms with van der Waals surface area (Å²) in [7, 11) is 0. The number of carbonyl (C=O) groups is 2. The Kier molecular flexibility index (Phi) is 5.14. The maximum atomic E-state index is 12.0. The van der Waals surface area contributed by atoms with Crippen LogP contribution in [0.5, 0.6) is 0 Å². The summed E-state index contributed by atoms with van der Waals surface area (Å²) in [6.45, 7) is 6.70. The Morgan fingerprint density at radius 2 is 1.94 bits per heavy atom. The second-order valence-electron chi connectivity index (χ2n) is 5.39. The average Bonchev–Trinajstić information content (AvgIpc) is 2.74. The van der Waals surface area contributed by atoms with E-state index in [4.69, 9.17) is 9.84 Å². The summed E-state index contributed by atoms with van der Waals surface area (Å²) in [5, 5.41) is 11.8. The van der Waals surface area contributed by atoms with Crippen LogP contribution in [-0.4, -0.2) is 35.7 Å². The maximum Gasteiger partial charge on any atom is 0.307 e. The summed E-state index contributed by atoms with van der Waals surface area (Å²) in [5.41, 5.74) is -0.415. The molecule has 0 radical (unpaired) electrons. The van der Waals surface area contributed by atoms with Crippen molar-refractivity contribution in [3.05, 3.63) is 0 Å². The maximum absolute atomic E-state index is 12.0. The van der Waals surface area contributed by atoms with E-state index in [9.17, 15) is 9.59 Å². The molecule has 104 valence electrons. The van der Waals surface area contributed by atoms with Crippen LogP contribution < -0.4 is 5.32 Å². The molecule has 0 unspecified atom stereocenters. The summed E-state index contributed by atoms with van der Waals surface area (Å²) in [5.74, 6) is -1.94. The van der Waals surface area contributed by atoms with E-state index in [1.807, 2.05) is 20.8 Å². The van der Waals surface area contributed by atoms with Gasteiger partial charge in [0, 0.05) is 13.2 Å². The molecular formula is C13H23NO4. The molecule has 1 aliphatic rings. The predicted octanol–water partition coefficient (Wildman–Crippen LogP) is 1.42. The molecule has 2 atom stereocenters. The molecule has 0 aromatic heterocycles. The molecule has 1 rings (SSSR count). The Balaban J connectivity index is 2.48. The number of amides is 1. The van der Waals surface area contributed by atoms with Gasteiger partial charge in [-0.3, -0.25) is 9.59 Å². The minimum atomic E-state index is -0.864. The summed E-state index contributed by atoms with van der Waals surface area (Å²) >= 11 is 0. The summed E-state index contributed by atoms with van der Waals surface area (Å²) in [4.78, 5) is 23.0. The highest BCUT2D eigenvalue weighted by molar-refractivity contribution is 5.85. The number of aliphatic carboxylic acids is 1. The normalized spacial score (nSPS) is 23.9. The van der Waals surface area contributed by atoms with Gasteiger partial charge < -0.3 is 15.2 Å². The molecule has 0 spiro atoms. The lowest BCUT2D eigenvalue weighted by Crippen LogP contribution is -2.44. The standard InChI is InChI=1S/C13H23NO4/c1-4-18-13(2,3)8-14-11(15)9-6-5-7-10(9)12(16)17/h9-10H,4-8H2,1-3H3,(H,14,15)(H,16,17)/t9-,10+/m1/s1. The second kappa shape index (κ2) is 6.18. The minimum Gasteiger partial charge on any atom is -0.481 e. The third-order valence-corrected chi connectivity index (χ3v) is 3.39. The molecule has 5 heteroatoms. The van der Waals surface area contributed by atoms with E-state index < -0.39 is 17.5 Å². The van der Waals surface area contributed by atoms with Gasteiger partial charge >= 0.3 is 5.97 Å². The van der Waals surface area contributed by atoms with Crippen molar-refractivity contribution in [2.45, 2.75) is 45.6 Å². The first kappa shape index (κ1) is 15.0. The van der Waals surface area contributed by atoms with Crippen LogP contribution in [-0.2, 0) is 14.3 Å². The lowest BCUT2D eigenvalue weighted by atomic mass is 9.95. The molecule has 1 saturated carbocycles. The third-order valence-electron chi connectivity index (χ3n) is 3.39. The molecule has 0 saturated heterocycles. The smallest absolute Gasteiger partial charge is 0.307 e. The van der Waals surface area contributed by atoms with Crippen molar-refractivity contribution in [3.63, 3.8) is 0 Å². The molecule has 18 heavy (non-hydrogen) atoms. The first-order valence-corrected chi connectivity index (χ1v) is 6.52. The highest BCUT2D eigenvalue weighted by Crippen LogP contribution is 2.32. The number of hydrogen-bond donors (Lipinski definition) is 2. The molecule has 5 nitrogen and oxygen atoms in total. The van der Waals surface area contributed by atoms with E-state index in [0.29, 0.717) is 26.0 Å². The zero-order chi connectivity index (χ0) is 13.8. The van der Waals surface area contributed by atoms with Crippen LogP contribution in [0.3, 0.4) is 0 Å². The van der Waals surface area contributed by atoms with Gasteiger partial charge in [0.25, 0.3) is 0 Å². The zero-order valence-corrected chi connectivity index (χ0v) is 11.4. The van der Waals surface area contributed by atoms with Gasteiger partial charge in [0.2, 0.25) is 5.91 Å². The van der Waals surface area contributed by atoms with Gasteiger partial charge in [-0.05, 0) is 33.6 Å². The Morgan fingerprint density at radius 3 is 2.50 bits per heavy atom. The Morgan fingerprint density at radius 1 is 1.33 bits per heavy atom.